The van der Waals surface area contributed by atoms with E-state index in [0.29, 0.717) is 23.7 Å². The van der Waals surface area contributed by atoms with E-state index in [9.17, 15) is 14.4 Å². The zero-order valence-corrected chi connectivity index (χ0v) is 30.3. The number of imide groups is 1. The van der Waals surface area contributed by atoms with E-state index in [4.69, 9.17) is 9.16 Å². The number of hydrogen-bond donors (Lipinski definition) is 0. The number of aromatic nitrogens is 2. The number of piperidine rings is 2. The van der Waals surface area contributed by atoms with Gasteiger partial charge in [0.2, 0.25) is 5.91 Å². The molecule has 9 nitrogen and oxygen atoms in total. The number of carbonyl (C=O) groups is 2. The molecule has 47 heavy (non-hydrogen) atoms. The number of methoxy groups -OCH3 is 1. The number of rotatable bonds is 7. The van der Waals surface area contributed by atoms with E-state index in [1.807, 2.05) is 36.4 Å². The van der Waals surface area contributed by atoms with Crippen LogP contribution in [0.2, 0.25) is 18.1 Å². The molecule has 254 valence electrons. The summed E-state index contributed by atoms with van der Waals surface area (Å²) >= 11 is 0. The molecule has 2 aliphatic heterocycles. The lowest BCUT2D eigenvalue weighted by Crippen LogP contribution is -2.47. The first-order chi connectivity index (χ1) is 22.2. The Bertz CT molecular complexity index is 1680. The lowest BCUT2D eigenvalue weighted by molar-refractivity contribution is -0.151. The predicted octanol–water partition coefficient (Wildman–Crippen LogP) is 6.79. The van der Waals surface area contributed by atoms with Gasteiger partial charge in [-0.3, -0.25) is 23.6 Å². The second kappa shape index (κ2) is 12.6. The molecular weight excluding hydrogens is 609 g/mol. The van der Waals surface area contributed by atoms with Crippen LogP contribution >= 0.6 is 0 Å². The third-order valence-electron chi connectivity index (χ3n) is 11.8. The second-order valence-corrected chi connectivity index (χ2v) is 20.4. The summed E-state index contributed by atoms with van der Waals surface area (Å²) in [5.74, 6) is 0.174. The van der Waals surface area contributed by atoms with Gasteiger partial charge in [0.05, 0.1) is 30.4 Å². The van der Waals surface area contributed by atoms with Crippen LogP contribution in [0, 0.1) is 5.41 Å². The molecule has 1 atom stereocenters. The minimum Gasteiger partial charge on any atom is -0.497 e. The van der Waals surface area contributed by atoms with E-state index in [-0.39, 0.29) is 35.5 Å². The van der Waals surface area contributed by atoms with Crippen molar-refractivity contribution in [3.05, 3.63) is 58.5 Å². The van der Waals surface area contributed by atoms with E-state index in [0.717, 1.165) is 61.1 Å². The molecule has 1 unspecified atom stereocenters. The van der Waals surface area contributed by atoms with Crippen molar-refractivity contribution >= 4 is 36.9 Å². The van der Waals surface area contributed by atoms with Crippen LogP contribution in [0.3, 0.4) is 0 Å². The SMILES string of the molecule is COc1ccc(CN2C(=O)CCC(n3c(=O)n(C)c4c(N5CCC6(CCC(O[Si](C)(C)C(C)(C)C)CC6)CC5)cccc43)C2=O)cc1. The number of nitrogens with zero attached hydrogens (tertiary/aromatic N) is 4. The Kier molecular flexibility index (Phi) is 8.97. The van der Waals surface area contributed by atoms with Gasteiger partial charge in [-0.05, 0) is 98.3 Å². The van der Waals surface area contributed by atoms with Crippen LogP contribution in [-0.2, 0) is 27.6 Å². The average Bonchev–Trinajstić information content (AvgIpc) is 3.30. The quantitative estimate of drug-likeness (QED) is 0.205. The fraction of sp³-hybridized carbons (Fsp3) is 0.595. The number of benzene rings is 2. The highest BCUT2D eigenvalue weighted by Crippen LogP contribution is 2.48. The van der Waals surface area contributed by atoms with Gasteiger partial charge in [-0.1, -0.05) is 39.0 Å². The summed E-state index contributed by atoms with van der Waals surface area (Å²) in [5.41, 5.74) is 3.62. The number of imidazole rings is 1. The van der Waals surface area contributed by atoms with Gasteiger partial charge in [0.15, 0.2) is 8.32 Å². The molecule has 1 aromatic heterocycles. The minimum absolute atomic E-state index is 0.168. The van der Waals surface area contributed by atoms with Gasteiger partial charge < -0.3 is 14.1 Å². The van der Waals surface area contributed by atoms with Gasteiger partial charge in [0, 0.05) is 32.7 Å². The van der Waals surface area contributed by atoms with Crippen LogP contribution in [0.5, 0.6) is 5.75 Å². The van der Waals surface area contributed by atoms with Crippen LogP contribution in [0.25, 0.3) is 11.0 Å². The van der Waals surface area contributed by atoms with E-state index < -0.39 is 14.4 Å². The number of fused-ring (bicyclic) bond motifs is 1. The van der Waals surface area contributed by atoms with Gasteiger partial charge in [0.25, 0.3) is 5.91 Å². The summed E-state index contributed by atoms with van der Waals surface area (Å²) in [6.07, 6.45) is 7.90. The lowest BCUT2D eigenvalue weighted by atomic mass is 9.67. The normalized spacial score (nSPS) is 21.2. The van der Waals surface area contributed by atoms with Crippen LogP contribution in [-0.4, -0.2) is 60.5 Å². The zero-order valence-electron chi connectivity index (χ0n) is 29.3. The summed E-state index contributed by atoms with van der Waals surface area (Å²) in [5, 5.41) is 0.228. The first kappa shape index (κ1) is 33.5. The topological polar surface area (TPSA) is 86.0 Å². The largest absolute Gasteiger partial charge is 0.497 e. The van der Waals surface area contributed by atoms with Crippen molar-refractivity contribution in [2.75, 3.05) is 25.1 Å². The standard InChI is InChI=1S/C37H52N4O5Si/c1-36(2,3)47(6,7)46-28-17-19-37(20-18-28)21-23-39(24-22-37)29-9-8-10-30-33(29)38(4)35(44)41(30)31-15-16-32(42)40(34(31)43)25-26-11-13-27(45-5)14-12-26/h8-14,28,31H,15-25H2,1-7H3. The number of likely N-dealkylation sites (tertiary alicyclic amines) is 1. The van der Waals surface area contributed by atoms with Crippen molar-refractivity contribution in [2.24, 2.45) is 12.5 Å². The maximum absolute atomic E-state index is 13.9. The Labute approximate surface area is 279 Å². The van der Waals surface area contributed by atoms with Crippen LogP contribution in [0.4, 0.5) is 5.69 Å². The maximum Gasteiger partial charge on any atom is 0.329 e. The fourth-order valence-electron chi connectivity index (χ4n) is 7.75. The molecule has 0 bridgehead atoms. The Hall–Kier alpha value is -3.37. The van der Waals surface area contributed by atoms with Gasteiger partial charge in [-0.15, -0.1) is 0 Å². The predicted molar refractivity (Wildman–Crippen MR) is 188 cm³/mol. The maximum atomic E-state index is 13.9. The number of carbonyl (C=O) groups excluding carboxylic acids is 2. The molecule has 3 aliphatic rings. The van der Waals surface area contributed by atoms with Gasteiger partial charge >= 0.3 is 5.69 Å². The third kappa shape index (κ3) is 6.31. The molecule has 2 amide bonds. The van der Waals surface area contributed by atoms with Crippen molar-refractivity contribution in [1.82, 2.24) is 14.0 Å². The van der Waals surface area contributed by atoms with Gasteiger partial charge in [-0.2, -0.15) is 0 Å². The van der Waals surface area contributed by atoms with E-state index in [2.05, 4.69) is 44.8 Å². The van der Waals surface area contributed by atoms with Gasteiger partial charge in [-0.25, -0.2) is 4.79 Å². The lowest BCUT2D eigenvalue weighted by Gasteiger charge is -2.48. The molecule has 3 heterocycles. The highest BCUT2D eigenvalue weighted by molar-refractivity contribution is 6.74. The molecule has 2 aromatic carbocycles. The smallest absolute Gasteiger partial charge is 0.329 e. The van der Waals surface area contributed by atoms with Crippen molar-refractivity contribution in [1.29, 1.82) is 0 Å². The molecule has 2 saturated heterocycles. The van der Waals surface area contributed by atoms with Gasteiger partial charge in [0.1, 0.15) is 11.8 Å². The van der Waals surface area contributed by atoms with Crippen LogP contribution in [0.1, 0.15) is 83.7 Å². The molecule has 1 spiro atoms. The zero-order chi connectivity index (χ0) is 33.7. The summed E-state index contributed by atoms with van der Waals surface area (Å²) in [6, 6.07) is 12.7. The summed E-state index contributed by atoms with van der Waals surface area (Å²) < 4.78 is 15.4. The van der Waals surface area contributed by atoms with Crippen molar-refractivity contribution in [3.8, 4) is 5.75 Å². The molecule has 3 fully saturated rings. The Morgan fingerprint density at radius 2 is 1.57 bits per heavy atom. The van der Waals surface area contributed by atoms with Crippen LogP contribution in [0.15, 0.2) is 47.3 Å². The summed E-state index contributed by atoms with van der Waals surface area (Å²) in [7, 11) is 1.63. The number of hydrogen-bond acceptors (Lipinski definition) is 6. The molecule has 1 aliphatic carbocycles. The Morgan fingerprint density at radius 3 is 2.19 bits per heavy atom. The molecule has 1 saturated carbocycles. The van der Waals surface area contributed by atoms with Crippen LogP contribution < -0.4 is 15.3 Å². The first-order valence-electron chi connectivity index (χ1n) is 17.3. The van der Waals surface area contributed by atoms with E-state index in [1.54, 1.807) is 23.3 Å². The van der Waals surface area contributed by atoms with E-state index >= 15 is 0 Å². The van der Waals surface area contributed by atoms with Crippen molar-refractivity contribution in [3.63, 3.8) is 0 Å². The molecular formula is C37H52N4O5Si. The van der Waals surface area contributed by atoms with E-state index in [1.165, 1.54) is 17.7 Å². The highest BCUT2D eigenvalue weighted by atomic mass is 28.4. The van der Waals surface area contributed by atoms with Crippen molar-refractivity contribution in [2.45, 2.75) is 109 Å². The average molecular weight is 661 g/mol. The molecule has 3 aromatic rings. The Balaban J connectivity index is 1.18. The summed E-state index contributed by atoms with van der Waals surface area (Å²) in [6.45, 7) is 13.7. The minimum atomic E-state index is -1.77. The number of ether oxygens (including phenoxy) is 1. The Morgan fingerprint density at radius 1 is 0.915 bits per heavy atom. The number of aryl methyl sites for hydroxylation is 1. The fourth-order valence-corrected chi connectivity index (χ4v) is 9.17. The number of para-hydroxylation sites is 1. The number of anilines is 1. The molecule has 0 radical (unpaired) electrons. The molecule has 0 N–H and O–H groups in total. The second-order valence-electron chi connectivity index (χ2n) is 15.6. The monoisotopic (exact) mass is 660 g/mol. The molecule has 6 rings (SSSR count). The first-order valence-corrected chi connectivity index (χ1v) is 20.2. The summed E-state index contributed by atoms with van der Waals surface area (Å²) in [4.78, 5) is 44.4. The third-order valence-corrected chi connectivity index (χ3v) is 16.3. The van der Waals surface area contributed by atoms with Crippen molar-refractivity contribution < 1.29 is 18.8 Å². The molecule has 10 heteroatoms. The highest BCUT2D eigenvalue weighted by Gasteiger charge is 2.44. The number of amides is 2.